The zero-order chi connectivity index (χ0) is 16.0. The Kier molecular flexibility index (Phi) is 3.38. The Labute approximate surface area is 124 Å². The van der Waals surface area contributed by atoms with E-state index in [0.29, 0.717) is 32.5 Å². The van der Waals surface area contributed by atoms with Crippen molar-refractivity contribution in [3.05, 3.63) is 29.3 Å². The molecule has 0 bridgehead atoms. The molecule has 0 unspecified atom stereocenters. The number of ether oxygens (including phenoxy) is 1. The van der Waals surface area contributed by atoms with Crippen LogP contribution in [0, 0.1) is 0 Å². The molecule has 1 saturated heterocycles. The van der Waals surface area contributed by atoms with Gasteiger partial charge in [-0.2, -0.15) is 13.2 Å². The van der Waals surface area contributed by atoms with E-state index in [9.17, 15) is 22.8 Å². The second-order valence-corrected chi connectivity index (χ2v) is 5.72. The molecule has 0 aliphatic carbocycles. The molecule has 2 aliphatic rings. The fourth-order valence-electron chi connectivity index (χ4n) is 3.19. The topological polar surface area (TPSA) is 46.6 Å². The van der Waals surface area contributed by atoms with Gasteiger partial charge in [-0.05, 0) is 25.0 Å². The number of halogens is 3. The zero-order valence-electron chi connectivity index (χ0n) is 11.7. The Hall–Kier alpha value is -2.05. The Morgan fingerprint density at radius 3 is 2.55 bits per heavy atom. The van der Waals surface area contributed by atoms with Crippen LogP contribution in [0.1, 0.15) is 24.0 Å². The van der Waals surface area contributed by atoms with Gasteiger partial charge in [-0.15, -0.1) is 0 Å². The minimum Gasteiger partial charge on any atom is -0.492 e. The van der Waals surface area contributed by atoms with E-state index in [0.717, 1.165) is 17.7 Å². The Morgan fingerprint density at radius 2 is 1.95 bits per heavy atom. The molecule has 1 spiro atoms. The van der Waals surface area contributed by atoms with Crippen molar-refractivity contribution in [3.8, 4) is 5.75 Å². The smallest absolute Gasteiger partial charge is 0.416 e. The maximum Gasteiger partial charge on any atom is 0.416 e. The lowest BCUT2D eigenvalue weighted by molar-refractivity contribution is -0.140. The fourth-order valence-corrected chi connectivity index (χ4v) is 3.19. The van der Waals surface area contributed by atoms with E-state index in [2.05, 4.69) is 0 Å². The third kappa shape index (κ3) is 2.34. The summed E-state index contributed by atoms with van der Waals surface area (Å²) in [7, 11) is 0. The van der Waals surface area contributed by atoms with Crippen molar-refractivity contribution in [2.24, 2.45) is 0 Å². The normalized spacial score (nSPS) is 19.7. The quantitative estimate of drug-likeness (QED) is 0.589. The van der Waals surface area contributed by atoms with Crippen LogP contribution in [0.5, 0.6) is 5.75 Å². The van der Waals surface area contributed by atoms with Gasteiger partial charge < -0.3 is 9.64 Å². The van der Waals surface area contributed by atoms with Gasteiger partial charge in [0.2, 0.25) is 6.29 Å². The number of hydrogen-bond acceptors (Lipinski definition) is 3. The molecule has 3 rings (SSSR count). The maximum atomic E-state index is 12.7. The standard InChI is InChI=1S/C15H14F3NO3/c16-15(17,18)10-1-2-11-12(7-10)22-9-14(11)3-5-19(6-4-14)13(21)8-20/h1-2,7-8H,3-6,9H2. The summed E-state index contributed by atoms with van der Waals surface area (Å²) >= 11 is 0. The van der Waals surface area contributed by atoms with Gasteiger partial charge in [-0.3, -0.25) is 9.59 Å². The van der Waals surface area contributed by atoms with E-state index in [4.69, 9.17) is 4.74 Å². The number of aldehydes is 1. The zero-order valence-corrected chi connectivity index (χ0v) is 11.7. The molecule has 1 aromatic carbocycles. The van der Waals surface area contributed by atoms with E-state index in [1.165, 1.54) is 11.0 Å². The first-order valence-electron chi connectivity index (χ1n) is 6.94. The van der Waals surface area contributed by atoms with Gasteiger partial charge in [0.1, 0.15) is 5.75 Å². The predicted octanol–water partition coefficient (Wildman–Crippen LogP) is 2.16. The van der Waals surface area contributed by atoms with Gasteiger partial charge in [0.15, 0.2) is 0 Å². The van der Waals surface area contributed by atoms with Gasteiger partial charge in [0, 0.05) is 24.1 Å². The van der Waals surface area contributed by atoms with Gasteiger partial charge in [0.05, 0.1) is 12.2 Å². The Morgan fingerprint density at radius 1 is 1.27 bits per heavy atom. The number of benzene rings is 1. The number of hydrogen-bond donors (Lipinski definition) is 0. The molecule has 0 aromatic heterocycles. The third-order valence-corrected chi connectivity index (χ3v) is 4.52. The summed E-state index contributed by atoms with van der Waals surface area (Å²) in [5.41, 5.74) is -0.324. The van der Waals surface area contributed by atoms with Crippen molar-refractivity contribution in [1.29, 1.82) is 0 Å². The van der Waals surface area contributed by atoms with Crippen molar-refractivity contribution in [2.45, 2.75) is 24.4 Å². The molecule has 4 nitrogen and oxygen atoms in total. The van der Waals surface area contributed by atoms with Crippen molar-refractivity contribution in [3.63, 3.8) is 0 Å². The molecule has 2 heterocycles. The minimum atomic E-state index is -4.39. The molecule has 0 atom stereocenters. The largest absolute Gasteiger partial charge is 0.492 e. The van der Waals surface area contributed by atoms with Crippen molar-refractivity contribution in [1.82, 2.24) is 4.90 Å². The number of alkyl halides is 3. The predicted molar refractivity (Wildman–Crippen MR) is 70.5 cm³/mol. The van der Waals surface area contributed by atoms with Gasteiger partial charge in [-0.1, -0.05) is 6.07 Å². The lowest BCUT2D eigenvalue weighted by Gasteiger charge is -2.37. The highest BCUT2D eigenvalue weighted by Gasteiger charge is 2.44. The average Bonchev–Trinajstić information content (AvgIpc) is 2.85. The first kappa shape index (κ1) is 14.9. The molecular formula is C15H14F3NO3. The van der Waals surface area contributed by atoms with Gasteiger partial charge >= 0.3 is 6.18 Å². The summed E-state index contributed by atoms with van der Waals surface area (Å²) in [5.74, 6) is -0.286. The SMILES string of the molecule is O=CC(=O)N1CCC2(CC1)COc1cc(C(F)(F)F)ccc12. The molecule has 0 N–H and O–H groups in total. The lowest BCUT2D eigenvalue weighted by atomic mass is 9.74. The molecule has 0 saturated carbocycles. The van der Waals surface area contributed by atoms with E-state index >= 15 is 0 Å². The molecule has 1 aromatic rings. The number of amides is 1. The average molecular weight is 313 g/mol. The summed E-state index contributed by atoms with van der Waals surface area (Å²) in [5, 5.41) is 0. The second kappa shape index (κ2) is 5.00. The highest BCUT2D eigenvalue weighted by Crippen LogP contribution is 2.47. The van der Waals surface area contributed by atoms with Crippen LogP contribution < -0.4 is 4.74 Å². The number of carbonyl (C=O) groups excluding carboxylic acids is 2. The summed E-state index contributed by atoms with van der Waals surface area (Å²) in [6.45, 7) is 1.12. The first-order chi connectivity index (χ1) is 10.4. The number of nitrogens with zero attached hydrogens (tertiary/aromatic N) is 1. The summed E-state index contributed by atoms with van der Waals surface area (Å²) in [4.78, 5) is 23.4. The summed E-state index contributed by atoms with van der Waals surface area (Å²) in [6.07, 6.45) is -2.96. The van der Waals surface area contributed by atoms with E-state index < -0.39 is 17.6 Å². The van der Waals surface area contributed by atoms with Crippen LogP contribution >= 0.6 is 0 Å². The number of carbonyl (C=O) groups is 2. The first-order valence-corrected chi connectivity index (χ1v) is 6.94. The maximum absolute atomic E-state index is 12.7. The van der Waals surface area contributed by atoms with Crippen LogP contribution in [0.2, 0.25) is 0 Å². The van der Waals surface area contributed by atoms with Crippen LogP contribution in [-0.2, 0) is 21.2 Å². The lowest BCUT2D eigenvalue weighted by Crippen LogP contribution is -2.46. The highest BCUT2D eigenvalue weighted by atomic mass is 19.4. The van der Waals surface area contributed by atoms with E-state index in [1.54, 1.807) is 0 Å². The number of piperidine rings is 1. The van der Waals surface area contributed by atoms with Crippen molar-refractivity contribution in [2.75, 3.05) is 19.7 Å². The van der Waals surface area contributed by atoms with Crippen LogP contribution in [0.3, 0.4) is 0 Å². The van der Waals surface area contributed by atoms with Crippen LogP contribution in [0.25, 0.3) is 0 Å². The molecule has 118 valence electrons. The third-order valence-electron chi connectivity index (χ3n) is 4.52. The second-order valence-electron chi connectivity index (χ2n) is 5.72. The van der Waals surface area contributed by atoms with E-state index in [1.807, 2.05) is 0 Å². The number of rotatable bonds is 1. The molecule has 0 radical (unpaired) electrons. The van der Waals surface area contributed by atoms with Crippen molar-refractivity contribution < 1.29 is 27.5 Å². The minimum absolute atomic E-state index is 0.269. The summed E-state index contributed by atoms with van der Waals surface area (Å²) in [6, 6.07) is 3.58. The Balaban J connectivity index is 1.83. The van der Waals surface area contributed by atoms with Gasteiger partial charge in [-0.25, -0.2) is 0 Å². The summed E-state index contributed by atoms with van der Waals surface area (Å²) < 4.78 is 43.7. The molecule has 2 aliphatic heterocycles. The molecular weight excluding hydrogens is 299 g/mol. The molecule has 1 amide bonds. The van der Waals surface area contributed by atoms with E-state index in [-0.39, 0.29) is 17.5 Å². The number of fused-ring (bicyclic) bond motifs is 2. The Bertz CT molecular complexity index is 619. The number of likely N-dealkylation sites (tertiary alicyclic amines) is 1. The van der Waals surface area contributed by atoms with Crippen LogP contribution in [-0.4, -0.2) is 36.8 Å². The highest BCUT2D eigenvalue weighted by molar-refractivity contribution is 6.23. The van der Waals surface area contributed by atoms with Gasteiger partial charge in [0.25, 0.3) is 5.91 Å². The monoisotopic (exact) mass is 313 g/mol. The molecule has 22 heavy (non-hydrogen) atoms. The van der Waals surface area contributed by atoms with Crippen molar-refractivity contribution >= 4 is 12.2 Å². The fraction of sp³-hybridized carbons (Fsp3) is 0.467. The van der Waals surface area contributed by atoms with Crippen LogP contribution in [0.15, 0.2) is 18.2 Å². The van der Waals surface area contributed by atoms with Crippen LogP contribution in [0.4, 0.5) is 13.2 Å². The molecule has 7 heteroatoms. The molecule has 1 fully saturated rings.